The van der Waals surface area contributed by atoms with E-state index in [9.17, 15) is 8.42 Å². The second-order valence-electron chi connectivity index (χ2n) is 3.19. The van der Waals surface area contributed by atoms with Gasteiger partial charge in [0.05, 0.1) is 5.02 Å². The molecule has 0 unspecified atom stereocenters. The largest absolute Gasteiger partial charge is 0.244 e. The predicted molar refractivity (Wildman–Crippen MR) is 65.0 cm³/mol. The van der Waals surface area contributed by atoms with Crippen molar-refractivity contribution < 1.29 is 8.42 Å². The number of rotatable bonds is 3. The molecule has 1 aromatic carbocycles. The topological polar surface area (TPSA) is 37.4 Å². The van der Waals surface area contributed by atoms with E-state index in [1.54, 1.807) is 12.1 Å². The van der Waals surface area contributed by atoms with Crippen LogP contribution in [0.3, 0.4) is 0 Å². The van der Waals surface area contributed by atoms with Gasteiger partial charge in [-0.25, -0.2) is 12.7 Å². The van der Waals surface area contributed by atoms with Crippen LogP contribution in [0.1, 0.15) is 5.56 Å². The maximum atomic E-state index is 11.8. The Morgan fingerprint density at radius 3 is 2.40 bits per heavy atom. The SMILES string of the molecule is CN(C)S(=O)(=O)c1ccc(CBr)cc1Cl. The van der Waals surface area contributed by atoms with E-state index < -0.39 is 10.0 Å². The minimum Gasteiger partial charge on any atom is -0.207 e. The zero-order chi connectivity index (χ0) is 11.6. The van der Waals surface area contributed by atoms with Crippen molar-refractivity contribution >= 4 is 37.6 Å². The third-order valence-electron chi connectivity index (χ3n) is 1.91. The van der Waals surface area contributed by atoms with Gasteiger partial charge < -0.3 is 0 Å². The average Bonchev–Trinajstić information content (AvgIpc) is 2.16. The van der Waals surface area contributed by atoms with Gasteiger partial charge in [-0.3, -0.25) is 0 Å². The maximum Gasteiger partial charge on any atom is 0.244 e. The molecule has 0 saturated heterocycles. The second kappa shape index (κ2) is 4.82. The van der Waals surface area contributed by atoms with E-state index in [4.69, 9.17) is 11.6 Å². The Hall–Kier alpha value is -0.100. The molecule has 15 heavy (non-hydrogen) atoms. The molecular formula is C9H11BrClNO2S. The van der Waals surface area contributed by atoms with Gasteiger partial charge in [0, 0.05) is 19.4 Å². The van der Waals surface area contributed by atoms with Crippen LogP contribution in [0.5, 0.6) is 0 Å². The molecule has 0 spiro atoms. The second-order valence-corrected chi connectivity index (χ2v) is 6.27. The van der Waals surface area contributed by atoms with Crippen molar-refractivity contribution in [3.05, 3.63) is 28.8 Å². The molecule has 0 aromatic heterocycles. The zero-order valence-electron chi connectivity index (χ0n) is 8.37. The Morgan fingerprint density at radius 1 is 1.40 bits per heavy atom. The molecule has 0 atom stereocenters. The van der Waals surface area contributed by atoms with E-state index in [0.717, 1.165) is 9.87 Å². The summed E-state index contributed by atoms with van der Waals surface area (Å²) in [6.07, 6.45) is 0. The molecule has 0 heterocycles. The van der Waals surface area contributed by atoms with E-state index in [1.165, 1.54) is 20.2 Å². The summed E-state index contributed by atoms with van der Waals surface area (Å²) < 4.78 is 24.7. The van der Waals surface area contributed by atoms with E-state index >= 15 is 0 Å². The lowest BCUT2D eigenvalue weighted by Gasteiger charge is -2.12. The van der Waals surface area contributed by atoms with Crippen molar-refractivity contribution in [1.29, 1.82) is 0 Å². The number of nitrogens with zero attached hydrogens (tertiary/aromatic N) is 1. The fraction of sp³-hybridized carbons (Fsp3) is 0.333. The van der Waals surface area contributed by atoms with Crippen LogP contribution >= 0.6 is 27.5 Å². The van der Waals surface area contributed by atoms with Gasteiger partial charge in [0.1, 0.15) is 4.90 Å². The highest BCUT2D eigenvalue weighted by Gasteiger charge is 2.20. The highest BCUT2D eigenvalue weighted by atomic mass is 79.9. The molecule has 1 aromatic rings. The predicted octanol–water partition coefficient (Wildman–Crippen LogP) is 2.49. The highest BCUT2D eigenvalue weighted by Crippen LogP contribution is 2.25. The Labute approximate surface area is 103 Å². The van der Waals surface area contributed by atoms with Crippen molar-refractivity contribution in [2.45, 2.75) is 10.2 Å². The maximum absolute atomic E-state index is 11.8. The van der Waals surface area contributed by atoms with Crippen LogP contribution in [0.15, 0.2) is 23.1 Å². The molecule has 84 valence electrons. The smallest absolute Gasteiger partial charge is 0.207 e. The number of benzene rings is 1. The third-order valence-corrected chi connectivity index (χ3v) is 4.85. The summed E-state index contributed by atoms with van der Waals surface area (Å²) in [5.41, 5.74) is 0.942. The molecular weight excluding hydrogens is 302 g/mol. The lowest BCUT2D eigenvalue weighted by molar-refractivity contribution is 0.521. The summed E-state index contributed by atoms with van der Waals surface area (Å²) in [6.45, 7) is 0. The minimum atomic E-state index is -3.45. The summed E-state index contributed by atoms with van der Waals surface area (Å²) in [6, 6.07) is 4.90. The molecule has 1 rings (SSSR count). The van der Waals surface area contributed by atoms with Crippen LogP contribution in [0.25, 0.3) is 0 Å². The summed E-state index contributed by atoms with van der Waals surface area (Å²) in [4.78, 5) is 0.138. The molecule has 0 fully saturated rings. The third kappa shape index (κ3) is 2.72. The molecule has 0 radical (unpaired) electrons. The normalized spacial score (nSPS) is 12.1. The van der Waals surface area contributed by atoms with Gasteiger partial charge in [-0.1, -0.05) is 33.6 Å². The van der Waals surface area contributed by atoms with E-state index in [-0.39, 0.29) is 9.92 Å². The Kier molecular flexibility index (Phi) is 4.17. The van der Waals surface area contributed by atoms with Gasteiger partial charge in [0.25, 0.3) is 0 Å². The minimum absolute atomic E-state index is 0.138. The van der Waals surface area contributed by atoms with Gasteiger partial charge in [-0.15, -0.1) is 0 Å². The van der Waals surface area contributed by atoms with Crippen molar-refractivity contribution in [3.8, 4) is 0 Å². The average molecular weight is 313 g/mol. The molecule has 0 amide bonds. The first kappa shape index (κ1) is 13.0. The van der Waals surface area contributed by atoms with Crippen LogP contribution in [-0.4, -0.2) is 26.8 Å². The monoisotopic (exact) mass is 311 g/mol. The van der Waals surface area contributed by atoms with Crippen LogP contribution in [0, 0.1) is 0 Å². The fourth-order valence-electron chi connectivity index (χ4n) is 1.03. The molecule has 6 heteroatoms. The molecule has 0 bridgehead atoms. The van der Waals surface area contributed by atoms with E-state index in [0.29, 0.717) is 5.33 Å². The van der Waals surface area contributed by atoms with Gasteiger partial charge >= 0.3 is 0 Å². The van der Waals surface area contributed by atoms with Crippen molar-refractivity contribution in [2.75, 3.05) is 14.1 Å². The first-order valence-electron chi connectivity index (χ1n) is 4.16. The Balaban J connectivity index is 3.29. The van der Waals surface area contributed by atoms with E-state index in [1.807, 2.05) is 0 Å². The molecule has 0 N–H and O–H groups in total. The first-order valence-corrected chi connectivity index (χ1v) is 7.10. The zero-order valence-corrected chi connectivity index (χ0v) is 11.5. The standard InChI is InChI=1S/C9H11BrClNO2S/c1-12(2)15(13,14)9-4-3-7(6-10)5-8(9)11/h3-5H,6H2,1-2H3. The number of hydrogen-bond acceptors (Lipinski definition) is 2. The molecule has 0 aliphatic carbocycles. The van der Waals surface area contributed by atoms with Crippen molar-refractivity contribution in [3.63, 3.8) is 0 Å². The lowest BCUT2D eigenvalue weighted by Crippen LogP contribution is -2.22. The first-order chi connectivity index (χ1) is 6.89. The number of halogens is 2. The summed E-state index contributed by atoms with van der Waals surface area (Å²) >= 11 is 9.19. The molecule has 0 aliphatic heterocycles. The van der Waals surface area contributed by atoms with Gasteiger partial charge in [0.15, 0.2) is 0 Å². The summed E-state index contributed by atoms with van der Waals surface area (Å²) in [7, 11) is -0.494. The Morgan fingerprint density at radius 2 is 2.00 bits per heavy atom. The summed E-state index contributed by atoms with van der Waals surface area (Å²) in [5.74, 6) is 0. The van der Waals surface area contributed by atoms with Crippen LogP contribution < -0.4 is 0 Å². The quantitative estimate of drug-likeness (QED) is 0.804. The van der Waals surface area contributed by atoms with Crippen molar-refractivity contribution in [1.82, 2.24) is 4.31 Å². The van der Waals surface area contributed by atoms with Crippen LogP contribution in [0.2, 0.25) is 5.02 Å². The van der Waals surface area contributed by atoms with Gasteiger partial charge in [0.2, 0.25) is 10.0 Å². The van der Waals surface area contributed by atoms with Crippen LogP contribution in [-0.2, 0) is 15.4 Å². The number of alkyl halides is 1. The molecule has 0 aliphatic rings. The van der Waals surface area contributed by atoms with Crippen molar-refractivity contribution in [2.24, 2.45) is 0 Å². The molecule has 3 nitrogen and oxygen atoms in total. The number of sulfonamides is 1. The lowest BCUT2D eigenvalue weighted by atomic mass is 10.2. The number of hydrogen-bond donors (Lipinski definition) is 0. The fourth-order valence-corrected chi connectivity index (χ4v) is 2.82. The Bertz CT molecular complexity index is 459. The van der Waals surface area contributed by atoms with E-state index in [2.05, 4.69) is 15.9 Å². The summed E-state index contributed by atoms with van der Waals surface area (Å²) in [5, 5.41) is 0.898. The highest BCUT2D eigenvalue weighted by molar-refractivity contribution is 9.08. The van der Waals surface area contributed by atoms with Crippen LogP contribution in [0.4, 0.5) is 0 Å². The van der Waals surface area contributed by atoms with Gasteiger partial charge in [-0.2, -0.15) is 0 Å². The van der Waals surface area contributed by atoms with Gasteiger partial charge in [-0.05, 0) is 17.7 Å². The molecule has 0 saturated carbocycles.